The summed E-state index contributed by atoms with van der Waals surface area (Å²) in [5.74, 6) is -0.410. The number of carbonyl (C=O) groups is 2. The molecule has 6 heteroatoms. The van der Waals surface area contributed by atoms with Gasteiger partial charge in [0.1, 0.15) is 5.75 Å². The van der Waals surface area contributed by atoms with E-state index in [2.05, 4.69) is 5.32 Å². The molecule has 0 saturated heterocycles. The number of benzene rings is 2. The van der Waals surface area contributed by atoms with E-state index in [1.165, 1.54) is 14.0 Å². The van der Waals surface area contributed by atoms with Gasteiger partial charge in [0.05, 0.1) is 19.2 Å². The Kier molecular flexibility index (Phi) is 7.25. The molecule has 144 valence electrons. The number of nitrogens with one attached hydrogen (secondary N) is 1. The van der Waals surface area contributed by atoms with Gasteiger partial charge in [0.15, 0.2) is 6.10 Å². The van der Waals surface area contributed by atoms with Crippen molar-refractivity contribution >= 4 is 29.2 Å². The Morgan fingerprint density at radius 3 is 2.44 bits per heavy atom. The van der Waals surface area contributed by atoms with Crippen molar-refractivity contribution < 1.29 is 19.1 Å². The van der Waals surface area contributed by atoms with E-state index in [0.29, 0.717) is 16.5 Å². The van der Waals surface area contributed by atoms with Gasteiger partial charge in [-0.15, -0.1) is 0 Å². The number of methoxy groups -OCH3 is 1. The van der Waals surface area contributed by atoms with Gasteiger partial charge >= 0.3 is 5.97 Å². The zero-order valence-electron chi connectivity index (χ0n) is 15.9. The molecule has 0 fully saturated rings. The lowest BCUT2D eigenvalue weighted by molar-refractivity contribution is -0.153. The molecule has 1 N–H and O–H groups in total. The van der Waals surface area contributed by atoms with Crippen LogP contribution in [0.2, 0.25) is 5.02 Å². The van der Waals surface area contributed by atoms with Crippen LogP contribution in [0.25, 0.3) is 0 Å². The summed E-state index contributed by atoms with van der Waals surface area (Å²) >= 11 is 6.07. The van der Waals surface area contributed by atoms with Gasteiger partial charge in [-0.2, -0.15) is 0 Å². The molecule has 2 rings (SSSR count). The van der Waals surface area contributed by atoms with Gasteiger partial charge < -0.3 is 14.8 Å². The van der Waals surface area contributed by atoms with Crippen molar-refractivity contribution in [1.29, 1.82) is 0 Å². The molecule has 0 saturated carbocycles. The van der Waals surface area contributed by atoms with Crippen LogP contribution in [0.4, 0.5) is 5.69 Å². The van der Waals surface area contributed by atoms with E-state index in [1.807, 2.05) is 44.2 Å². The molecule has 0 aliphatic rings. The lowest BCUT2D eigenvalue weighted by Gasteiger charge is -2.17. The summed E-state index contributed by atoms with van der Waals surface area (Å²) in [7, 11) is 1.49. The Bertz CT molecular complexity index is 807. The van der Waals surface area contributed by atoms with Gasteiger partial charge in [0.2, 0.25) is 0 Å². The van der Waals surface area contributed by atoms with Crippen LogP contribution < -0.4 is 10.1 Å². The highest BCUT2D eigenvalue weighted by atomic mass is 35.5. The number of esters is 1. The lowest BCUT2D eigenvalue weighted by atomic mass is 9.98. The minimum Gasteiger partial charge on any atom is -0.495 e. The van der Waals surface area contributed by atoms with Gasteiger partial charge in [-0.25, -0.2) is 0 Å². The summed E-state index contributed by atoms with van der Waals surface area (Å²) in [4.78, 5) is 24.6. The molecule has 2 aromatic rings. The number of aryl methyl sites for hydroxylation is 1. The lowest BCUT2D eigenvalue weighted by Crippen LogP contribution is -2.30. The number of anilines is 1. The van der Waals surface area contributed by atoms with Crippen molar-refractivity contribution in [2.45, 2.75) is 39.2 Å². The molecule has 0 aromatic heterocycles. The first-order valence-electron chi connectivity index (χ1n) is 8.71. The van der Waals surface area contributed by atoms with Crippen LogP contribution in [0.1, 0.15) is 37.3 Å². The number of ether oxygens (including phenoxy) is 2. The number of hydrogen-bond donors (Lipinski definition) is 1. The van der Waals surface area contributed by atoms with Crippen LogP contribution in [-0.4, -0.2) is 25.1 Å². The number of carbonyl (C=O) groups excluding carboxylic acids is 2. The van der Waals surface area contributed by atoms with E-state index in [9.17, 15) is 9.59 Å². The van der Waals surface area contributed by atoms with E-state index in [0.717, 1.165) is 11.1 Å². The zero-order valence-corrected chi connectivity index (χ0v) is 16.7. The van der Waals surface area contributed by atoms with Crippen LogP contribution >= 0.6 is 11.6 Å². The first kappa shape index (κ1) is 20.8. The molecule has 0 radical (unpaired) electrons. The quantitative estimate of drug-likeness (QED) is 0.696. The summed E-state index contributed by atoms with van der Waals surface area (Å²) in [6.45, 7) is 5.31. The Morgan fingerprint density at radius 2 is 1.81 bits per heavy atom. The molecule has 2 atom stereocenters. The average molecular weight is 390 g/mol. The Labute approximate surface area is 164 Å². The van der Waals surface area contributed by atoms with Crippen molar-refractivity contribution in [3.63, 3.8) is 0 Å². The van der Waals surface area contributed by atoms with E-state index < -0.39 is 18.0 Å². The van der Waals surface area contributed by atoms with Crippen LogP contribution in [0.5, 0.6) is 5.75 Å². The molecule has 0 aliphatic heterocycles. The summed E-state index contributed by atoms with van der Waals surface area (Å²) in [6, 6.07) is 13.0. The van der Waals surface area contributed by atoms with Crippen LogP contribution in [0, 0.1) is 6.92 Å². The second kappa shape index (κ2) is 9.42. The second-order valence-corrected chi connectivity index (χ2v) is 6.85. The summed E-state index contributed by atoms with van der Waals surface area (Å²) < 4.78 is 10.5. The van der Waals surface area contributed by atoms with Crippen molar-refractivity contribution in [3.05, 3.63) is 58.6 Å². The third-order valence-corrected chi connectivity index (χ3v) is 4.66. The minimum atomic E-state index is -0.929. The highest BCUT2D eigenvalue weighted by Gasteiger charge is 2.21. The van der Waals surface area contributed by atoms with Gasteiger partial charge in [0, 0.05) is 11.1 Å². The Balaban J connectivity index is 1.95. The molecule has 0 spiro atoms. The summed E-state index contributed by atoms with van der Waals surface area (Å²) in [6.07, 6.45) is -0.730. The first-order chi connectivity index (χ1) is 12.8. The highest BCUT2D eigenvalue weighted by molar-refractivity contribution is 6.31. The SMILES string of the molecule is COc1cc(Cl)c(C)cc1NC(=O)[C@@H](C)OC(=O)C[C@H](C)c1ccccc1. The van der Waals surface area contributed by atoms with Crippen molar-refractivity contribution in [2.75, 3.05) is 12.4 Å². The number of rotatable bonds is 7. The largest absolute Gasteiger partial charge is 0.495 e. The van der Waals surface area contributed by atoms with Gasteiger partial charge in [-0.05, 0) is 37.0 Å². The molecule has 2 aromatic carbocycles. The van der Waals surface area contributed by atoms with Crippen LogP contribution in [0.3, 0.4) is 0 Å². The van der Waals surface area contributed by atoms with E-state index in [1.54, 1.807) is 12.1 Å². The number of hydrogen-bond acceptors (Lipinski definition) is 4. The predicted molar refractivity (Wildman–Crippen MR) is 106 cm³/mol. The molecule has 27 heavy (non-hydrogen) atoms. The fourth-order valence-electron chi connectivity index (χ4n) is 2.61. The molecule has 1 amide bonds. The smallest absolute Gasteiger partial charge is 0.307 e. The Morgan fingerprint density at radius 1 is 1.15 bits per heavy atom. The van der Waals surface area contributed by atoms with Crippen molar-refractivity contribution in [3.8, 4) is 5.75 Å². The molecule has 0 heterocycles. The minimum absolute atomic E-state index is 0.00738. The third-order valence-electron chi connectivity index (χ3n) is 4.26. The van der Waals surface area contributed by atoms with Crippen LogP contribution in [0.15, 0.2) is 42.5 Å². The fraction of sp³-hybridized carbons (Fsp3) is 0.333. The maximum atomic E-state index is 12.4. The van der Waals surface area contributed by atoms with Gasteiger partial charge in [-0.1, -0.05) is 48.9 Å². The van der Waals surface area contributed by atoms with E-state index >= 15 is 0 Å². The maximum absolute atomic E-state index is 12.4. The maximum Gasteiger partial charge on any atom is 0.307 e. The van der Waals surface area contributed by atoms with Crippen LogP contribution in [-0.2, 0) is 14.3 Å². The highest BCUT2D eigenvalue weighted by Crippen LogP contribution is 2.31. The monoisotopic (exact) mass is 389 g/mol. The van der Waals surface area contributed by atoms with Crippen molar-refractivity contribution in [1.82, 2.24) is 0 Å². The molecule has 0 aliphatic carbocycles. The van der Waals surface area contributed by atoms with Gasteiger partial charge in [-0.3, -0.25) is 9.59 Å². The topological polar surface area (TPSA) is 64.6 Å². The Hall–Kier alpha value is -2.53. The van der Waals surface area contributed by atoms with Gasteiger partial charge in [0.25, 0.3) is 5.91 Å². The number of halogens is 1. The third kappa shape index (κ3) is 5.73. The standard InChI is InChI=1S/C21H24ClNO4/c1-13(16-8-6-5-7-9-16)11-20(24)27-15(3)21(25)23-18-10-14(2)17(22)12-19(18)26-4/h5-10,12-13,15H,11H2,1-4H3,(H,23,25)/t13-,15+/m0/s1. The predicted octanol–water partition coefficient (Wildman–Crippen LogP) is 4.72. The fourth-order valence-corrected chi connectivity index (χ4v) is 2.77. The first-order valence-corrected chi connectivity index (χ1v) is 9.09. The number of amides is 1. The molecule has 5 nitrogen and oxygen atoms in total. The van der Waals surface area contributed by atoms with E-state index in [-0.39, 0.29) is 12.3 Å². The molecule has 0 unspecified atom stereocenters. The zero-order chi connectivity index (χ0) is 20.0. The van der Waals surface area contributed by atoms with Crippen molar-refractivity contribution in [2.24, 2.45) is 0 Å². The average Bonchev–Trinajstić information content (AvgIpc) is 2.64. The molecular weight excluding hydrogens is 366 g/mol. The van der Waals surface area contributed by atoms with E-state index in [4.69, 9.17) is 21.1 Å². The second-order valence-electron chi connectivity index (χ2n) is 6.44. The molecular formula is C21H24ClNO4. The molecule has 0 bridgehead atoms. The normalized spacial score (nSPS) is 12.8. The summed E-state index contributed by atoms with van der Waals surface area (Å²) in [5, 5.41) is 3.26. The summed E-state index contributed by atoms with van der Waals surface area (Å²) in [5.41, 5.74) is 2.33.